The highest BCUT2D eigenvalue weighted by atomic mass is 16.2. The standard InChI is InChI=1S/C17H26N2O/c1-3-15-12-19(10-9-16(15)18)17(20)8-7-14-6-4-5-13(2)11-14/h4-6,11,15-16H,3,7-10,12,18H2,1-2H3. The zero-order valence-corrected chi connectivity index (χ0v) is 12.6. The summed E-state index contributed by atoms with van der Waals surface area (Å²) in [6, 6.07) is 8.67. The first-order valence-electron chi connectivity index (χ1n) is 7.69. The van der Waals surface area contributed by atoms with E-state index in [4.69, 9.17) is 5.73 Å². The van der Waals surface area contributed by atoms with Crippen molar-refractivity contribution >= 4 is 5.91 Å². The first kappa shape index (κ1) is 15.0. The average molecular weight is 274 g/mol. The molecule has 0 radical (unpaired) electrons. The van der Waals surface area contributed by atoms with Gasteiger partial charge in [-0.2, -0.15) is 0 Å². The van der Waals surface area contributed by atoms with Gasteiger partial charge >= 0.3 is 0 Å². The van der Waals surface area contributed by atoms with Gasteiger partial charge in [-0.25, -0.2) is 0 Å². The van der Waals surface area contributed by atoms with Crippen molar-refractivity contribution in [3.8, 4) is 0 Å². The Hall–Kier alpha value is -1.35. The van der Waals surface area contributed by atoms with Gasteiger partial charge in [-0.05, 0) is 31.2 Å². The lowest BCUT2D eigenvalue weighted by Crippen LogP contribution is -2.49. The van der Waals surface area contributed by atoms with Crippen molar-refractivity contribution in [3.05, 3.63) is 35.4 Å². The van der Waals surface area contributed by atoms with E-state index < -0.39 is 0 Å². The molecule has 0 spiro atoms. The first-order valence-corrected chi connectivity index (χ1v) is 7.69. The Morgan fingerprint density at radius 1 is 1.45 bits per heavy atom. The van der Waals surface area contributed by atoms with Gasteiger partial charge in [0.2, 0.25) is 5.91 Å². The van der Waals surface area contributed by atoms with Crippen LogP contribution < -0.4 is 5.73 Å². The van der Waals surface area contributed by atoms with Crippen LogP contribution in [0.2, 0.25) is 0 Å². The quantitative estimate of drug-likeness (QED) is 0.917. The number of carbonyl (C=O) groups excluding carboxylic acids is 1. The maximum atomic E-state index is 12.3. The molecule has 1 heterocycles. The fourth-order valence-corrected chi connectivity index (χ4v) is 2.99. The Bertz CT molecular complexity index is 458. The second-order valence-corrected chi connectivity index (χ2v) is 5.95. The van der Waals surface area contributed by atoms with Gasteiger partial charge in [-0.1, -0.05) is 43.2 Å². The molecule has 1 aromatic rings. The number of rotatable bonds is 4. The third-order valence-electron chi connectivity index (χ3n) is 4.38. The number of carbonyl (C=O) groups is 1. The maximum Gasteiger partial charge on any atom is 0.222 e. The van der Waals surface area contributed by atoms with Crippen LogP contribution in [0.4, 0.5) is 0 Å². The van der Waals surface area contributed by atoms with E-state index in [1.807, 2.05) is 4.90 Å². The second kappa shape index (κ2) is 6.89. The van der Waals surface area contributed by atoms with E-state index >= 15 is 0 Å². The van der Waals surface area contributed by atoms with Crippen molar-refractivity contribution in [2.45, 2.75) is 45.6 Å². The molecular weight excluding hydrogens is 248 g/mol. The number of nitrogens with zero attached hydrogens (tertiary/aromatic N) is 1. The summed E-state index contributed by atoms with van der Waals surface area (Å²) in [5.74, 6) is 0.739. The van der Waals surface area contributed by atoms with Gasteiger partial charge in [-0.15, -0.1) is 0 Å². The van der Waals surface area contributed by atoms with Crippen LogP contribution in [0.5, 0.6) is 0 Å². The third-order valence-corrected chi connectivity index (χ3v) is 4.38. The molecule has 3 nitrogen and oxygen atoms in total. The van der Waals surface area contributed by atoms with Crippen LogP contribution in [0.1, 0.15) is 37.3 Å². The zero-order valence-electron chi connectivity index (χ0n) is 12.6. The molecule has 2 atom stereocenters. The molecule has 0 saturated carbocycles. The number of hydrogen-bond acceptors (Lipinski definition) is 2. The Kier molecular flexibility index (Phi) is 5.18. The van der Waals surface area contributed by atoms with Crippen molar-refractivity contribution in [3.63, 3.8) is 0 Å². The highest BCUT2D eigenvalue weighted by Gasteiger charge is 2.27. The van der Waals surface area contributed by atoms with E-state index in [9.17, 15) is 4.79 Å². The maximum absolute atomic E-state index is 12.3. The summed E-state index contributed by atoms with van der Waals surface area (Å²) in [7, 11) is 0. The first-order chi connectivity index (χ1) is 9.60. The van der Waals surface area contributed by atoms with Crippen molar-refractivity contribution in [2.75, 3.05) is 13.1 Å². The molecule has 1 aromatic carbocycles. The molecule has 2 unspecified atom stereocenters. The molecule has 2 rings (SSSR count). The predicted molar refractivity (Wildman–Crippen MR) is 82.5 cm³/mol. The highest BCUT2D eigenvalue weighted by molar-refractivity contribution is 5.76. The Morgan fingerprint density at radius 3 is 2.95 bits per heavy atom. The van der Waals surface area contributed by atoms with Gasteiger partial charge in [0.25, 0.3) is 0 Å². The molecule has 3 heteroatoms. The Labute approximate surface area is 122 Å². The van der Waals surface area contributed by atoms with Crippen molar-refractivity contribution in [2.24, 2.45) is 11.7 Å². The fraction of sp³-hybridized carbons (Fsp3) is 0.588. The highest BCUT2D eigenvalue weighted by Crippen LogP contribution is 2.19. The van der Waals surface area contributed by atoms with Crippen LogP contribution in [0, 0.1) is 12.8 Å². The second-order valence-electron chi connectivity index (χ2n) is 5.95. The summed E-state index contributed by atoms with van der Waals surface area (Å²) < 4.78 is 0. The lowest BCUT2D eigenvalue weighted by Gasteiger charge is -2.36. The normalized spacial score (nSPS) is 22.9. The molecule has 0 aliphatic carbocycles. The number of nitrogens with two attached hydrogens (primary N) is 1. The lowest BCUT2D eigenvalue weighted by molar-refractivity contribution is -0.133. The summed E-state index contributed by atoms with van der Waals surface area (Å²) in [6.07, 6.45) is 3.44. The number of aryl methyl sites for hydroxylation is 2. The monoisotopic (exact) mass is 274 g/mol. The summed E-state index contributed by atoms with van der Waals surface area (Å²) in [5, 5.41) is 0. The molecule has 1 fully saturated rings. The topological polar surface area (TPSA) is 46.3 Å². The molecule has 0 bridgehead atoms. The van der Waals surface area contributed by atoms with Crippen LogP contribution in [0.25, 0.3) is 0 Å². The molecule has 0 aromatic heterocycles. The number of benzene rings is 1. The molecule has 110 valence electrons. The number of amides is 1. The van der Waals surface area contributed by atoms with Gasteiger partial charge in [0.15, 0.2) is 0 Å². The van der Waals surface area contributed by atoms with Crippen molar-refractivity contribution in [1.82, 2.24) is 4.90 Å². The third kappa shape index (κ3) is 3.83. The smallest absolute Gasteiger partial charge is 0.222 e. The number of hydrogen-bond donors (Lipinski definition) is 1. The SMILES string of the molecule is CCC1CN(C(=O)CCc2cccc(C)c2)CCC1N. The molecule has 20 heavy (non-hydrogen) atoms. The van der Waals surface area contributed by atoms with Crippen LogP contribution in [-0.4, -0.2) is 29.9 Å². The molecular formula is C17H26N2O. The summed E-state index contributed by atoms with van der Waals surface area (Å²) in [6.45, 7) is 5.91. The minimum absolute atomic E-state index is 0.265. The van der Waals surface area contributed by atoms with Gasteiger partial charge < -0.3 is 10.6 Å². The minimum Gasteiger partial charge on any atom is -0.342 e. The van der Waals surface area contributed by atoms with Crippen LogP contribution in [0.3, 0.4) is 0 Å². The molecule has 1 amide bonds. The van der Waals surface area contributed by atoms with E-state index in [-0.39, 0.29) is 11.9 Å². The van der Waals surface area contributed by atoms with Gasteiger partial charge in [0.05, 0.1) is 0 Å². The molecule has 1 saturated heterocycles. The molecule has 1 aliphatic rings. The van der Waals surface area contributed by atoms with Crippen molar-refractivity contribution in [1.29, 1.82) is 0 Å². The van der Waals surface area contributed by atoms with E-state index in [0.29, 0.717) is 12.3 Å². The Morgan fingerprint density at radius 2 is 2.25 bits per heavy atom. The average Bonchev–Trinajstić information content (AvgIpc) is 2.45. The molecule has 1 aliphatic heterocycles. The van der Waals surface area contributed by atoms with E-state index in [0.717, 1.165) is 32.4 Å². The van der Waals surface area contributed by atoms with Gasteiger partial charge in [0, 0.05) is 25.6 Å². The fourth-order valence-electron chi connectivity index (χ4n) is 2.99. The van der Waals surface area contributed by atoms with E-state index in [2.05, 4.69) is 38.1 Å². The van der Waals surface area contributed by atoms with Crippen LogP contribution in [0.15, 0.2) is 24.3 Å². The van der Waals surface area contributed by atoms with Crippen LogP contribution in [-0.2, 0) is 11.2 Å². The van der Waals surface area contributed by atoms with E-state index in [1.165, 1.54) is 11.1 Å². The summed E-state index contributed by atoms with van der Waals surface area (Å²) in [5.41, 5.74) is 8.60. The summed E-state index contributed by atoms with van der Waals surface area (Å²) >= 11 is 0. The van der Waals surface area contributed by atoms with E-state index in [1.54, 1.807) is 0 Å². The summed E-state index contributed by atoms with van der Waals surface area (Å²) in [4.78, 5) is 14.3. The predicted octanol–water partition coefficient (Wildman–Crippen LogP) is 2.51. The van der Waals surface area contributed by atoms with Crippen LogP contribution >= 0.6 is 0 Å². The number of likely N-dealkylation sites (tertiary alicyclic amines) is 1. The van der Waals surface area contributed by atoms with Gasteiger partial charge in [0.1, 0.15) is 0 Å². The minimum atomic E-state index is 0.265. The number of piperidine rings is 1. The lowest BCUT2D eigenvalue weighted by atomic mass is 9.90. The largest absolute Gasteiger partial charge is 0.342 e. The van der Waals surface area contributed by atoms with Crippen molar-refractivity contribution < 1.29 is 4.79 Å². The Balaban J connectivity index is 1.86. The molecule has 2 N–H and O–H groups in total. The zero-order chi connectivity index (χ0) is 14.5. The van der Waals surface area contributed by atoms with Gasteiger partial charge in [-0.3, -0.25) is 4.79 Å².